The highest BCUT2D eigenvalue weighted by Gasteiger charge is 2.24. The lowest BCUT2D eigenvalue weighted by Gasteiger charge is -2.11. The molecule has 0 aromatic heterocycles. The van der Waals surface area contributed by atoms with Crippen LogP contribution >= 0.6 is 11.6 Å². The van der Waals surface area contributed by atoms with Crippen LogP contribution in [0.4, 0.5) is 5.69 Å². The molecule has 0 saturated heterocycles. The van der Waals surface area contributed by atoms with Crippen LogP contribution in [-0.4, -0.2) is 36.2 Å². The summed E-state index contributed by atoms with van der Waals surface area (Å²) in [5.74, 6) is -0.505. The monoisotopic (exact) mass is 317 g/mol. The van der Waals surface area contributed by atoms with Crippen molar-refractivity contribution in [3.8, 4) is 11.5 Å². The maximum atomic E-state index is 11.1. The van der Waals surface area contributed by atoms with E-state index in [1.807, 2.05) is 0 Å². The number of nitrogens with zero attached hydrogens (tertiary/aromatic N) is 3. The summed E-state index contributed by atoms with van der Waals surface area (Å²) in [6.45, 7) is 0. The van der Waals surface area contributed by atoms with E-state index in [2.05, 4.69) is 5.10 Å². The molecule has 0 heterocycles. The van der Waals surface area contributed by atoms with Crippen molar-refractivity contribution in [2.75, 3.05) is 14.2 Å². The van der Waals surface area contributed by atoms with Gasteiger partial charge in [0.1, 0.15) is 5.02 Å². The number of methoxy groups -OCH3 is 2. The summed E-state index contributed by atoms with van der Waals surface area (Å²) in [7, 11) is 2.61. The molecule has 10 nitrogen and oxygen atoms in total. The van der Waals surface area contributed by atoms with E-state index in [-0.39, 0.29) is 26.9 Å². The third-order valence-corrected chi connectivity index (χ3v) is 2.71. The molecule has 0 spiro atoms. The largest absolute Gasteiger partial charge is 0.722 e. The molecule has 21 heavy (non-hydrogen) atoms. The normalized spacial score (nSPS) is 10.4. The molecule has 0 aliphatic heterocycles. The minimum atomic E-state index is -0.708. The third-order valence-electron chi connectivity index (χ3n) is 2.34. The summed E-state index contributed by atoms with van der Waals surface area (Å²) in [6, 6.07) is 1.09. The molecule has 0 bridgehead atoms. The van der Waals surface area contributed by atoms with Gasteiger partial charge < -0.3 is 14.7 Å². The molecule has 1 aromatic rings. The highest BCUT2D eigenvalue weighted by Crippen LogP contribution is 2.41. The van der Waals surface area contributed by atoms with Gasteiger partial charge in [-0.3, -0.25) is 21.6 Å². The summed E-state index contributed by atoms with van der Waals surface area (Å²) in [5.41, 5.74) is 9.46. The number of nitrogens with two attached hydrogens (primary N) is 2. The van der Waals surface area contributed by atoms with E-state index in [1.54, 1.807) is 0 Å². The van der Waals surface area contributed by atoms with Gasteiger partial charge in [-0.1, -0.05) is 11.6 Å². The lowest BCUT2D eigenvalue weighted by molar-refractivity contribution is -0.464. The fourth-order valence-corrected chi connectivity index (χ4v) is 1.72. The molecular formula is C10H12ClN5O5. The van der Waals surface area contributed by atoms with Gasteiger partial charge in [0.25, 0.3) is 5.69 Å². The van der Waals surface area contributed by atoms with Gasteiger partial charge in [-0.25, -0.2) is 0 Å². The van der Waals surface area contributed by atoms with Gasteiger partial charge in [0, 0.05) is 0 Å². The average molecular weight is 318 g/mol. The predicted molar refractivity (Wildman–Crippen MR) is 75.8 cm³/mol. The summed E-state index contributed by atoms with van der Waals surface area (Å²) in [4.78, 5) is 10.2. The van der Waals surface area contributed by atoms with E-state index in [9.17, 15) is 15.3 Å². The number of nitro benzene ring substituents is 1. The van der Waals surface area contributed by atoms with Crippen LogP contribution < -0.4 is 20.9 Å². The molecule has 0 amide bonds. The summed E-state index contributed by atoms with van der Waals surface area (Å²) in [5, 5.41) is 25.4. The van der Waals surface area contributed by atoms with Gasteiger partial charge in [-0.05, 0) is 0 Å². The lowest BCUT2D eigenvalue weighted by atomic mass is 10.1. The molecular weight excluding hydrogens is 306 g/mol. The number of benzene rings is 1. The first kappa shape index (κ1) is 16.3. The highest BCUT2D eigenvalue weighted by molar-refractivity contribution is 6.35. The Morgan fingerprint density at radius 3 is 2.43 bits per heavy atom. The van der Waals surface area contributed by atoms with Crippen LogP contribution in [0.5, 0.6) is 11.5 Å². The van der Waals surface area contributed by atoms with Crippen molar-refractivity contribution < 1.29 is 19.2 Å². The number of hydrogen-bond acceptors (Lipinski definition) is 6. The van der Waals surface area contributed by atoms with E-state index < -0.39 is 16.6 Å². The van der Waals surface area contributed by atoms with E-state index in [4.69, 9.17) is 32.5 Å². The zero-order valence-electron chi connectivity index (χ0n) is 11.1. The first-order valence-electron chi connectivity index (χ1n) is 5.31. The Hall–Kier alpha value is -2.75. The highest BCUT2D eigenvalue weighted by atomic mass is 35.5. The van der Waals surface area contributed by atoms with Crippen LogP contribution in [0, 0.1) is 15.3 Å². The van der Waals surface area contributed by atoms with Gasteiger partial charge >= 0.3 is 5.96 Å². The van der Waals surface area contributed by atoms with Gasteiger partial charge in [-0.15, -0.1) is 9.95 Å². The van der Waals surface area contributed by atoms with Gasteiger partial charge in [0.2, 0.25) is 0 Å². The van der Waals surface area contributed by atoms with Crippen molar-refractivity contribution in [3.05, 3.63) is 32.0 Å². The quantitative estimate of drug-likeness (QED) is 0.199. The fraction of sp³-hybridized carbons (Fsp3) is 0.200. The van der Waals surface area contributed by atoms with E-state index >= 15 is 0 Å². The van der Waals surface area contributed by atoms with Crippen LogP contribution in [0.1, 0.15) is 5.56 Å². The van der Waals surface area contributed by atoms with Crippen LogP contribution in [-0.2, 0) is 0 Å². The van der Waals surface area contributed by atoms with Gasteiger partial charge in [0.15, 0.2) is 11.5 Å². The topological polar surface area (TPSA) is 152 Å². The van der Waals surface area contributed by atoms with Gasteiger partial charge in [0.05, 0.1) is 37.0 Å². The zero-order chi connectivity index (χ0) is 16.2. The van der Waals surface area contributed by atoms with Gasteiger partial charge in [-0.2, -0.15) is 0 Å². The van der Waals surface area contributed by atoms with E-state index in [0.29, 0.717) is 0 Å². The molecule has 0 atom stereocenters. The van der Waals surface area contributed by atoms with Crippen molar-refractivity contribution in [2.45, 2.75) is 0 Å². The van der Waals surface area contributed by atoms with Crippen LogP contribution in [0.3, 0.4) is 0 Å². The molecule has 114 valence electrons. The Labute approximate surface area is 123 Å². The van der Waals surface area contributed by atoms with E-state index in [1.165, 1.54) is 14.2 Å². The Kier molecular flexibility index (Phi) is 5.13. The second-order valence-corrected chi connectivity index (χ2v) is 3.94. The number of nitro groups is 1. The maximum Gasteiger partial charge on any atom is 0.366 e. The van der Waals surface area contributed by atoms with Crippen LogP contribution in [0.2, 0.25) is 5.02 Å². The number of guanidine groups is 1. The summed E-state index contributed by atoms with van der Waals surface area (Å²) < 4.78 is 9.96. The Balaban J connectivity index is 3.55. The lowest BCUT2D eigenvalue weighted by Crippen LogP contribution is -2.30. The summed E-state index contributed by atoms with van der Waals surface area (Å²) in [6.07, 6.45) is 0.856. The SMILES string of the molecule is COc1cc([N+](=O)[O-])c(/C=N/[N+]([O-])=C(N)N)c(Cl)c1OC. The molecule has 4 N–H and O–H groups in total. The molecule has 0 fully saturated rings. The van der Waals surface area contributed by atoms with Crippen LogP contribution in [0.15, 0.2) is 11.2 Å². The molecule has 1 aromatic carbocycles. The average Bonchev–Trinajstić information content (AvgIpc) is 2.44. The predicted octanol–water partition coefficient (Wildman–Crippen LogP) is 0.383. The molecule has 11 heteroatoms. The molecule has 0 unspecified atom stereocenters. The summed E-state index contributed by atoms with van der Waals surface area (Å²) >= 11 is 6.01. The van der Waals surface area contributed by atoms with Crippen molar-refractivity contribution >= 4 is 29.5 Å². The van der Waals surface area contributed by atoms with Crippen molar-refractivity contribution in [1.29, 1.82) is 0 Å². The molecule has 0 aliphatic carbocycles. The second kappa shape index (κ2) is 6.61. The number of ether oxygens (including phenoxy) is 2. The maximum absolute atomic E-state index is 11.1. The van der Waals surface area contributed by atoms with Crippen molar-refractivity contribution in [1.82, 2.24) is 0 Å². The van der Waals surface area contributed by atoms with Crippen molar-refractivity contribution in [3.63, 3.8) is 0 Å². The number of hydrazone groups is 1. The Bertz CT molecular complexity index is 627. The first-order chi connectivity index (χ1) is 9.83. The fourth-order valence-electron chi connectivity index (χ4n) is 1.40. The standard InChI is InChI=1S/C10H12ClN5O5/c1-20-7-3-6(16(18)19)5(8(11)9(7)21-2)4-14-15(17)10(12)13/h3-4H,12-13H2,1-2H3/b14-4+. The molecule has 0 aliphatic rings. The number of halogens is 1. The minimum absolute atomic E-state index is 0.0633. The molecule has 0 saturated carbocycles. The Morgan fingerprint density at radius 1 is 1.38 bits per heavy atom. The number of rotatable bonds is 5. The van der Waals surface area contributed by atoms with E-state index in [0.717, 1.165) is 12.3 Å². The van der Waals surface area contributed by atoms with Crippen LogP contribution in [0.25, 0.3) is 0 Å². The first-order valence-corrected chi connectivity index (χ1v) is 5.69. The van der Waals surface area contributed by atoms with Crippen molar-refractivity contribution in [2.24, 2.45) is 16.6 Å². The smallest absolute Gasteiger partial charge is 0.366 e. The minimum Gasteiger partial charge on any atom is -0.722 e. The second-order valence-electron chi connectivity index (χ2n) is 3.56. The number of hydrogen-bond donors (Lipinski definition) is 2. The Morgan fingerprint density at radius 2 is 2.00 bits per heavy atom. The third kappa shape index (κ3) is 3.42. The zero-order valence-corrected chi connectivity index (χ0v) is 11.8. The molecule has 0 radical (unpaired) electrons. The molecule has 1 rings (SSSR count).